The third-order valence-corrected chi connectivity index (χ3v) is 5.12. The Bertz CT molecular complexity index is 1020. The van der Waals surface area contributed by atoms with Crippen molar-refractivity contribution in [1.82, 2.24) is 14.6 Å². The number of ketones is 1. The summed E-state index contributed by atoms with van der Waals surface area (Å²) in [5.41, 5.74) is 6.33. The maximum atomic E-state index is 12.3. The highest BCUT2D eigenvalue weighted by Crippen LogP contribution is 2.27. The number of aliphatic hydroxyl groups is 1. The fourth-order valence-corrected chi connectivity index (χ4v) is 3.79. The van der Waals surface area contributed by atoms with Crippen LogP contribution in [0.25, 0.3) is 11.0 Å². The zero-order chi connectivity index (χ0) is 17.6. The number of nitrogen functional groups attached to an aromatic ring is 1. The highest BCUT2D eigenvalue weighted by atomic mass is 32.1. The van der Waals surface area contributed by atoms with Gasteiger partial charge in [-0.3, -0.25) is 9.59 Å². The number of carbonyl (C=O) groups is 1. The van der Waals surface area contributed by atoms with Gasteiger partial charge in [0.05, 0.1) is 5.56 Å². The third kappa shape index (κ3) is 2.72. The lowest BCUT2D eigenvalue weighted by Gasteiger charge is -2.11. The Balaban J connectivity index is 1.81. The van der Waals surface area contributed by atoms with Crippen LogP contribution in [-0.2, 0) is 4.79 Å². The SMILES string of the molecule is Nc1c(/C=C2/C=CC(=O)C(O)=C2)c(=O)nc2sc(N3CCCC3)nn12. The molecule has 8 nitrogen and oxygen atoms in total. The van der Waals surface area contributed by atoms with Gasteiger partial charge in [0.2, 0.25) is 15.9 Å². The number of fused-ring (bicyclic) bond motifs is 1. The van der Waals surface area contributed by atoms with Crippen LogP contribution in [0, 0.1) is 0 Å². The summed E-state index contributed by atoms with van der Waals surface area (Å²) >= 11 is 1.33. The maximum absolute atomic E-state index is 12.3. The van der Waals surface area contributed by atoms with Crippen molar-refractivity contribution in [3.05, 3.63) is 45.5 Å². The van der Waals surface area contributed by atoms with Crippen molar-refractivity contribution in [1.29, 1.82) is 0 Å². The smallest absolute Gasteiger partial charge is 0.283 e. The van der Waals surface area contributed by atoms with Crippen LogP contribution < -0.4 is 16.2 Å². The Morgan fingerprint density at radius 2 is 2.00 bits per heavy atom. The Kier molecular flexibility index (Phi) is 3.65. The van der Waals surface area contributed by atoms with E-state index in [1.54, 1.807) is 0 Å². The Morgan fingerprint density at radius 1 is 1.24 bits per heavy atom. The van der Waals surface area contributed by atoms with Gasteiger partial charge < -0.3 is 15.7 Å². The minimum absolute atomic E-state index is 0.175. The number of aromatic nitrogens is 3. The lowest BCUT2D eigenvalue weighted by molar-refractivity contribution is -0.113. The predicted octanol–water partition coefficient (Wildman–Crippen LogP) is 1.30. The van der Waals surface area contributed by atoms with E-state index in [2.05, 4.69) is 15.0 Å². The van der Waals surface area contributed by atoms with Gasteiger partial charge in [-0.2, -0.15) is 9.50 Å². The monoisotopic (exact) mass is 357 g/mol. The molecule has 2 aromatic rings. The quantitative estimate of drug-likeness (QED) is 0.832. The van der Waals surface area contributed by atoms with Crippen LogP contribution in [0.2, 0.25) is 0 Å². The second kappa shape index (κ2) is 5.85. The minimum atomic E-state index is -0.481. The van der Waals surface area contributed by atoms with E-state index in [4.69, 9.17) is 5.73 Å². The van der Waals surface area contributed by atoms with E-state index < -0.39 is 11.3 Å². The summed E-state index contributed by atoms with van der Waals surface area (Å²) in [6, 6.07) is 0. The molecule has 2 aliphatic rings. The summed E-state index contributed by atoms with van der Waals surface area (Å²) in [7, 11) is 0. The van der Waals surface area contributed by atoms with Crippen molar-refractivity contribution in [2.24, 2.45) is 0 Å². The van der Waals surface area contributed by atoms with Gasteiger partial charge in [0.1, 0.15) is 5.82 Å². The van der Waals surface area contributed by atoms with Gasteiger partial charge in [-0.05, 0) is 36.6 Å². The number of nitrogens with zero attached hydrogens (tertiary/aromatic N) is 4. The van der Waals surface area contributed by atoms with E-state index in [9.17, 15) is 14.7 Å². The Labute approximate surface area is 146 Å². The minimum Gasteiger partial charge on any atom is -0.504 e. The summed E-state index contributed by atoms with van der Waals surface area (Å²) < 4.78 is 1.47. The molecule has 3 N–H and O–H groups in total. The summed E-state index contributed by atoms with van der Waals surface area (Å²) in [6.07, 6.45) is 7.75. The van der Waals surface area contributed by atoms with Crippen LogP contribution in [0.15, 0.2) is 34.4 Å². The number of allylic oxidation sites excluding steroid dienone is 4. The van der Waals surface area contributed by atoms with Crippen LogP contribution in [0.1, 0.15) is 18.4 Å². The summed E-state index contributed by atoms with van der Waals surface area (Å²) in [5.74, 6) is -0.681. The van der Waals surface area contributed by atoms with Gasteiger partial charge in [-0.15, -0.1) is 5.10 Å². The van der Waals surface area contributed by atoms with Crippen molar-refractivity contribution in [2.75, 3.05) is 23.7 Å². The maximum Gasteiger partial charge on any atom is 0.283 e. The summed E-state index contributed by atoms with van der Waals surface area (Å²) in [5, 5.41) is 14.8. The van der Waals surface area contributed by atoms with Crippen molar-refractivity contribution in [3.63, 3.8) is 0 Å². The first-order valence-corrected chi connectivity index (χ1v) is 8.63. The number of carbonyl (C=O) groups excluding carboxylic acids is 1. The first-order valence-electron chi connectivity index (χ1n) is 7.82. The molecule has 1 saturated heterocycles. The van der Waals surface area contributed by atoms with Gasteiger partial charge >= 0.3 is 0 Å². The molecule has 0 aromatic carbocycles. The highest BCUT2D eigenvalue weighted by molar-refractivity contribution is 7.20. The van der Waals surface area contributed by atoms with Crippen LogP contribution in [0.3, 0.4) is 0 Å². The summed E-state index contributed by atoms with van der Waals surface area (Å²) in [6.45, 7) is 1.87. The third-order valence-electron chi connectivity index (χ3n) is 4.15. The largest absolute Gasteiger partial charge is 0.504 e. The Morgan fingerprint density at radius 3 is 2.72 bits per heavy atom. The molecule has 25 heavy (non-hydrogen) atoms. The molecule has 0 bridgehead atoms. The fraction of sp³-hybridized carbons (Fsp3) is 0.250. The van der Waals surface area contributed by atoms with E-state index >= 15 is 0 Å². The zero-order valence-electron chi connectivity index (χ0n) is 13.2. The Hall–Kier alpha value is -2.94. The number of hydrogen-bond donors (Lipinski definition) is 2. The van der Waals surface area contributed by atoms with Gasteiger partial charge in [0.25, 0.3) is 5.56 Å². The molecule has 0 atom stereocenters. The average Bonchev–Trinajstić information content (AvgIpc) is 3.23. The van der Waals surface area contributed by atoms with Crippen LogP contribution in [-0.4, -0.2) is 38.6 Å². The lowest BCUT2D eigenvalue weighted by atomic mass is 10.1. The zero-order valence-corrected chi connectivity index (χ0v) is 14.0. The number of aliphatic hydroxyl groups excluding tert-OH is 1. The standard InChI is InChI=1S/C16H15N5O3S/c17-13-10(7-9-3-4-11(22)12(23)8-9)14(24)18-15-21(13)19-16(25-15)20-5-1-2-6-20/h3-4,7-8,23H,1-2,5-6,17H2/b9-7-. The molecule has 0 spiro atoms. The fourth-order valence-electron chi connectivity index (χ4n) is 2.83. The lowest BCUT2D eigenvalue weighted by Crippen LogP contribution is -2.18. The van der Waals surface area contributed by atoms with Crippen LogP contribution in [0.5, 0.6) is 0 Å². The van der Waals surface area contributed by atoms with E-state index in [1.807, 2.05) is 0 Å². The molecule has 9 heteroatoms. The normalized spacial score (nSPS) is 19.2. The van der Waals surface area contributed by atoms with Gasteiger partial charge in [-0.1, -0.05) is 17.4 Å². The van der Waals surface area contributed by atoms with Crippen molar-refractivity contribution >= 4 is 39.1 Å². The first-order chi connectivity index (χ1) is 12.0. The molecule has 3 heterocycles. The van der Waals surface area contributed by atoms with Gasteiger partial charge in [0.15, 0.2) is 5.76 Å². The van der Waals surface area contributed by atoms with Crippen LogP contribution >= 0.6 is 11.3 Å². The molecule has 128 valence electrons. The number of nitrogens with two attached hydrogens (primary N) is 1. The molecule has 0 amide bonds. The van der Waals surface area contributed by atoms with E-state index in [-0.39, 0.29) is 17.1 Å². The van der Waals surface area contributed by atoms with Crippen molar-refractivity contribution in [2.45, 2.75) is 12.8 Å². The molecule has 1 aliphatic heterocycles. The second-order valence-corrected chi connectivity index (χ2v) is 6.79. The number of hydrogen-bond acceptors (Lipinski definition) is 8. The topological polar surface area (TPSA) is 114 Å². The molecule has 1 fully saturated rings. The molecule has 1 aliphatic carbocycles. The van der Waals surface area contributed by atoms with Gasteiger partial charge in [-0.25, -0.2) is 0 Å². The molecule has 2 aromatic heterocycles. The molecular weight excluding hydrogens is 342 g/mol. The molecule has 0 radical (unpaired) electrons. The van der Waals surface area contributed by atoms with E-state index in [0.717, 1.165) is 31.1 Å². The van der Waals surface area contributed by atoms with Crippen molar-refractivity contribution in [3.8, 4) is 0 Å². The molecule has 0 saturated carbocycles. The van der Waals surface area contributed by atoms with E-state index in [0.29, 0.717) is 10.5 Å². The highest BCUT2D eigenvalue weighted by Gasteiger charge is 2.20. The summed E-state index contributed by atoms with van der Waals surface area (Å²) in [4.78, 5) is 30.3. The second-order valence-electron chi connectivity index (χ2n) is 5.86. The predicted molar refractivity (Wildman–Crippen MR) is 95.8 cm³/mol. The molecule has 4 rings (SSSR count). The van der Waals surface area contributed by atoms with Gasteiger partial charge in [0, 0.05) is 13.1 Å². The van der Waals surface area contributed by atoms with E-state index in [1.165, 1.54) is 40.2 Å². The first kappa shape index (κ1) is 15.6. The molecular formula is C16H15N5O3S. The number of anilines is 2. The van der Waals surface area contributed by atoms with Crippen molar-refractivity contribution < 1.29 is 9.90 Å². The average molecular weight is 357 g/mol. The molecule has 0 unspecified atom stereocenters. The van der Waals surface area contributed by atoms with Crippen LogP contribution in [0.4, 0.5) is 10.9 Å². The number of rotatable bonds is 2.